The zero-order valence-electron chi connectivity index (χ0n) is 15.7. The summed E-state index contributed by atoms with van der Waals surface area (Å²) >= 11 is 0. The highest BCUT2D eigenvalue weighted by Gasteiger charge is 2.27. The quantitative estimate of drug-likeness (QED) is 0.407. The number of allylic oxidation sites excluding steroid dienone is 1. The van der Waals surface area contributed by atoms with Crippen molar-refractivity contribution in [3.05, 3.63) is 41.0 Å². The molecule has 0 unspecified atom stereocenters. The summed E-state index contributed by atoms with van der Waals surface area (Å²) in [5.41, 5.74) is 1.59. The van der Waals surface area contributed by atoms with E-state index in [0.717, 1.165) is 44.3 Å². The molecule has 1 heterocycles. The number of aryl methyl sites for hydroxylation is 1. The van der Waals surface area contributed by atoms with Crippen LogP contribution in [0.1, 0.15) is 31.2 Å². The minimum Gasteiger partial charge on any atom is -0.483 e. The average molecular weight is 374 g/mol. The van der Waals surface area contributed by atoms with Gasteiger partial charge in [0, 0.05) is 38.1 Å². The summed E-state index contributed by atoms with van der Waals surface area (Å²) in [5.74, 6) is -0.688. The van der Waals surface area contributed by atoms with E-state index in [-0.39, 0.29) is 11.9 Å². The van der Waals surface area contributed by atoms with Gasteiger partial charge in [0.15, 0.2) is 0 Å². The highest BCUT2D eigenvalue weighted by molar-refractivity contribution is 6.05. The molecule has 0 aromatic heterocycles. The van der Waals surface area contributed by atoms with Crippen LogP contribution in [0.5, 0.6) is 0 Å². The molecule has 2 fully saturated rings. The summed E-state index contributed by atoms with van der Waals surface area (Å²) in [6.07, 6.45) is 5.14. The van der Waals surface area contributed by atoms with Crippen LogP contribution in [0.3, 0.4) is 0 Å². The summed E-state index contributed by atoms with van der Waals surface area (Å²) in [7, 11) is 0. The number of piperazine rings is 1. The minimum atomic E-state index is -0.441. The number of hydrogen-bond acceptors (Lipinski definition) is 5. The minimum absolute atomic E-state index is 0.0159. The van der Waals surface area contributed by atoms with Gasteiger partial charge in [-0.05, 0) is 56.4 Å². The van der Waals surface area contributed by atoms with Gasteiger partial charge in [-0.2, -0.15) is 0 Å². The number of ether oxygens (including phenoxy) is 1. The Bertz CT molecular complexity index is 702. The number of carbonyl (C=O) groups excluding carboxylic acids is 1. The molecule has 2 aliphatic rings. The fourth-order valence-corrected chi connectivity index (χ4v) is 3.61. The highest BCUT2D eigenvalue weighted by atomic mass is 19.1. The van der Waals surface area contributed by atoms with E-state index >= 15 is 0 Å². The monoisotopic (exact) mass is 374 g/mol. The third kappa shape index (κ3) is 5.07. The van der Waals surface area contributed by atoms with Crippen LogP contribution in [0.15, 0.2) is 29.7 Å². The van der Waals surface area contributed by atoms with E-state index in [1.807, 2.05) is 4.90 Å². The van der Waals surface area contributed by atoms with Crippen LogP contribution in [-0.2, 0) is 9.53 Å². The van der Waals surface area contributed by atoms with Crippen LogP contribution in [0.4, 0.5) is 10.1 Å². The van der Waals surface area contributed by atoms with Crippen LogP contribution < -0.4 is 10.6 Å². The summed E-state index contributed by atoms with van der Waals surface area (Å²) in [6.45, 7) is 4.76. The lowest BCUT2D eigenvalue weighted by molar-refractivity contribution is -0.117. The molecule has 1 aromatic rings. The maximum atomic E-state index is 13.7. The Kier molecular flexibility index (Phi) is 6.45. The third-order valence-electron chi connectivity index (χ3n) is 4.92. The topological polar surface area (TPSA) is 77.5 Å². The number of halogens is 1. The number of rotatable bonds is 6. The Morgan fingerprint density at radius 1 is 1.30 bits per heavy atom. The van der Waals surface area contributed by atoms with Gasteiger partial charge < -0.3 is 25.7 Å². The van der Waals surface area contributed by atoms with Crippen molar-refractivity contribution in [2.75, 3.05) is 31.5 Å². The molecule has 1 aliphatic heterocycles. The van der Waals surface area contributed by atoms with E-state index in [2.05, 4.69) is 10.6 Å². The SMILES string of the molecule is Cc1cc(F)cc(NC(=O)/C(OC2CCCC2)=C(\C=N)N2CCNCC2)c1. The smallest absolute Gasteiger partial charge is 0.293 e. The van der Waals surface area contributed by atoms with Crippen LogP contribution in [0.25, 0.3) is 0 Å². The number of hydrogen-bond donors (Lipinski definition) is 3. The second kappa shape index (κ2) is 8.99. The maximum absolute atomic E-state index is 13.7. The zero-order chi connectivity index (χ0) is 19.2. The molecule has 6 nitrogen and oxygen atoms in total. The van der Waals surface area contributed by atoms with E-state index in [1.54, 1.807) is 13.0 Å². The van der Waals surface area contributed by atoms with Gasteiger partial charge in [-0.1, -0.05) is 0 Å². The van der Waals surface area contributed by atoms with Crippen molar-refractivity contribution in [1.29, 1.82) is 5.41 Å². The molecule has 0 atom stereocenters. The summed E-state index contributed by atoms with van der Waals surface area (Å²) in [6, 6.07) is 4.40. The third-order valence-corrected chi connectivity index (χ3v) is 4.92. The molecule has 3 rings (SSSR count). The van der Waals surface area contributed by atoms with Crippen LogP contribution >= 0.6 is 0 Å². The number of amides is 1. The molecule has 0 bridgehead atoms. The normalized spacial score (nSPS) is 18.8. The molecule has 1 saturated carbocycles. The Balaban J connectivity index is 1.88. The van der Waals surface area contributed by atoms with E-state index in [1.165, 1.54) is 18.3 Å². The van der Waals surface area contributed by atoms with Crippen molar-refractivity contribution in [1.82, 2.24) is 10.2 Å². The molecule has 1 aromatic carbocycles. The van der Waals surface area contributed by atoms with Crippen LogP contribution in [0, 0.1) is 18.2 Å². The van der Waals surface area contributed by atoms with Crippen molar-refractivity contribution in [2.45, 2.75) is 38.7 Å². The first-order valence-corrected chi connectivity index (χ1v) is 9.52. The molecule has 1 amide bonds. The van der Waals surface area contributed by atoms with Gasteiger partial charge in [0.05, 0.1) is 6.10 Å². The molecule has 3 N–H and O–H groups in total. The lowest BCUT2D eigenvalue weighted by atomic mass is 10.2. The Labute approximate surface area is 159 Å². The molecule has 146 valence electrons. The van der Waals surface area contributed by atoms with Crippen molar-refractivity contribution < 1.29 is 13.9 Å². The number of nitrogens with one attached hydrogen (secondary N) is 3. The van der Waals surface area contributed by atoms with E-state index < -0.39 is 11.7 Å². The van der Waals surface area contributed by atoms with Crippen molar-refractivity contribution in [3.63, 3.8) is 0 Å². The van der Waals surface area contributed by atoms with Crippen molar-refractivity contribution in [2.24, 2.45) is 0 Å². The zero-order valence-corrected chi connectivity index (χ0v) is 15.7. The molecule has 0 spiro atoms. The van der Waals surface area contributed by atoms with Crippen LogP contribution in [-0.4, -0.2) is 49.3 Å². The van der Waals surface area contributed by atoms with Crippen molar-refractivity contribution in [3.8, 4) is 0 Å². The first-order chi connectivity index (χ1) is 13.1. The molecule has 1 aliphatic carbocycles. The summed E-state index contributed by atoms with van der Waals surface area (Å²) in [5, 5.41) is 13.9. The van der Waals surface area contributed by atoms with Gasteiger partial charge in [-0.3, -0.25) is 4.79 Å². The average Bonchev–Trinajstić information content (AvgIpc) is 3.15. The standard InChI is InChI=1S/C20H27FN4O2/c1-14-10-15(21)12-16(11-14)24-20(26)19(27-17-4-2-3-5-17)18(13-22)25-8-6-23-7-9-25/h10-13,17,22-23H,2-9H2,1H3,(H,24,26)/b19-18-,22-13?. The Morgan fingerprint density at radius 2 is 2.00 bits per heavy atom. The fourth-order valence-electron chi connectivity index (χ4n) is 3.61. The maximum Gasteiger partial charge on any atom is 0.293 e. The predicted molar refractivity (Wildman–Crippen MR) is 103 cm³/mol. The number of carbonyl (C=O) groups is 1. The molecule has 1 saturated heterocycles. The molecule has 27 heavy (non-hydrogen) atoms. The first-order valence-electron chi connectivity index (χ1n) is 9.52. The predicted octanol–water partition coefficient (Wildman–Crippen LogP) is 2.80. The Morgan fingerprint density at radius 3 is 2.63 bits per heavy atom. The second-order valence-electron chi connectivity index (χ2n) is 7.09. The van der Waals surface area contributed by atoms with Crippen molar-refractivity contribution >= 4 is 17.8 Å². The van der Waals surface area contributed by atoms with Gasteiger partial charge >= 0.3 is 0 Å². The van der Waals surface area contributed by atoms with E-state index in [9.17, 15) is 9.18 Å². The second-order valence-corrected chi connectivity index (χ2v) is 7.09. The van der Waals surface area contributed by atoms with Gasteiger partial charge in [0.1, 0.15) is 11.5 Å². The lowest BCUT2D eigenvalue weighted by Crippen LogP contribution is -2.44. The van der Waals surface area contributed by atoms with E-state index in [0.29, 0.717) is 24.5 Å². The number of anilines is 1. The van der Waals surface area contributed by atoms with Gasteiger partial charge in [0.25, 0.3) is 5.91 Å². The van der Waals surface area contributed by atoms with Gasteiger partial charge in [-0.15, -0.1) is 0 Å². The molecule has 0 radical (unpaired) electrons. The highest BCUT2D eigenvalue weighted by Crippen LogP contribution is 2.26. The largest absolute Gasteiger partial charge is 0.483 e. The first kappa shape index (κ1) is 19.4. The van der Waals surface area contributed by atoms with Gasteiger partial charge in [-0.25, -0.2) is 4.39 Å². The lowest BCUT2D eigenvalue weighted by Gasteiger charge is -2.31. The van der Waals surface area contributed by atoms with Gasteiger partial charge in [0.2, 0.25) is 5.76 Å². The molecular formula is C20H27FN4O2. The fraction of sp³-hybridized carbons (Fsp3) is 0.500. The summed E-state index contributed by atoms with van der Waals surface area (Å²) < 4.78 is 19.7. The number of benzene rings is 1. The Hall–Kier alpha value is -2.41. The molecule has 7 heteroatoms. The summed E-state index contributed by atoms with van der Waals surface area (Å²) in [4.78, 5) is 15.0. The molecular weight excluding hydrogens is 347 g/mol. The van der Waals surface area contributed by atoms with Crippen LogP contribution in [0.2, 0.25) is 0 Å². The van der Waals surface area contributed by atoms with E-state index in [4.69, 9.17) is 10.1 Å². The number of nitrogens with zero attached hydrogens (tertiary/aromatic N) is 1.